The lowest BCUT2D eigenvalue weighted by Gasteiger charge is -2.47. The Morgan fingerprint density at radius 2 is 1.79 bits per heavy atom. The number of alkyl carbamates (subject to hydrolysis) is 1. The Morgan fingerprint density at radius 3 is 2.41 bits per heavy atom. The summed E-state index contributed by atoms with van der Waals surface area (Å²) in [6.45, 7) is 4.81. The number of nitriles is 1. The molecule has 5 rings (SSSR count). The lowest BCUT2D eigenvalue weighted by molar-refractivity contribution is -0.384. The quantitative estimate of drug-likeness (QED) is 0.387. The molecule has 0 radical (unpaired) electrons. The summed E-state index contributed by atoms with van der Waals surface area (Å²) in [5, 5.41) is 24.3. The number of nitro benzene ring substituents is 1. The van der Waals surface area contributed by atoms with E-state index >= 15 is 0 Å². The van der Waals surface area contributed by atoms with Crippen molar-refractivity contribution in [3.63, 3.8) is 0 Å². The standard InChI is InChI=1S/C30H37N5O4/c1-32-29(36)39-28-9-5-8-27(28)30(21-31,23-6-3-2-4-7-23)24-14-16-33(17-15-24)18-22-19-34(20-22)25-10-12-26(13-11-25)35(37)38/h2-4,6-7,10-13,22,24,27-28H,5,8-9,14-20H2,1H3,(H,32,36)/t27-,28-,30?/m1/s1. The van der Waals surface area contributed by atoms with Crippen LogP contribution in [0.1, 0.15) is 37.7 Å². The van der Waals surface area contributed by atoms with Crippen molar-refractivity contribution in [1.82, 2.24) is 10.2 Å². The number of hydrogen-bond acceptors (Lipinski definition) is 7. The van der Waals surface area contributed by atoms with Gasteiger partial charge < -0.3 is 19.9 Å². The number of nitrogens with zero attached hydrogens (tertiary/aromatic N) is 4. The van der Waals surface area contributed by atoms with Crippen LogP contribution < -0.4 is 10.2 Å². The smallest absolute Gasteiger partial charge is 0.407 e. The molecule has 2 saturated heterocycles. The average Bonchev–Trinajstić information content (AvgIpc) is 3.41. The highest BCUT2D eigenvalue weighted by atomic mass is 16.6. The Bertz CT molecular complexity index is 1190. The zero-order chi connectivity index (χ0) is 27.4. The minimum atomic E-state index is -0.689. The van der Waals surface area contributed by atoms with E-state index < -0.39 is 11.5 Å². The molecule has 0 bridgehead atoms. The Morgan fingerprint density at radius 1 is 1.10 bits per heavy atom. The van der Waals surface area contributed by atoms with Gasteiger partial charge in [-0.25, -0.2) is 4.79 Å². The number of hydrogen-bond donors (Lipinski definition) is 1. The molecule has 0 aromatic heterocycles. The van der Waals surface area contributed by atoms with Crippen molar-refractivity contribution in [2.45, 2.75) is 43.6 Å². The summed E-state index contributed by atoms with van der Waals surface area (Å²) >= 11 is 0. The van der Waals surface area contributed by atoms with Crippen molar-refractivity contribution in [3.05, 3.63) is 70.3 Å². The summed E-state index contributed by atoms with van der Waals surface area (Å²) in [5.41, 5.74) is 1.50. The first-order chi connectivity index (χ1) is 18.9. The molecule has 1 saturated carbocycles. The molecule has 3 aliphatic rings. The number of non-ortho nitro benzene ring substituents is 1. The van der Waals surface area contributed by atoms with Gasteiger partial charge in [-0.1, -0.05) is 30.3 Å². The van der Waals surface area contributed by atoms with E-state index in [0.717, 1.165) is 76.1 Å². The lowest BCUT2D eigenvalue weighted by atomic mass is 9.59. The van der Waals surface area contributed by atoms with Crippen LogP contribution in [0.2, 0.25) is 0 Å². The number of likely N-dealkylation sites (tertiary alicyclic amines) is 1. The Kier molecular flexibility index (Phi) is 8.03. The topological polar surface area (TPSA) is 112 Å². The first-order valence-corrected chi connectivity index (χ1v) is 14.0. The fourth-order valence-corrected chi connectivity index (χ4v) is 7.11. The molecule has 1 amide bonds. The van der Waals surface area contributed by atoms with Crippen molar-refractivity contribution in [1.29, 1.82) is 5.26 Å². The third-order valence-electron chi connectivity index (χ3n) is 9.07. The van der Waals surface area contributed by atoms with Gasteiger partial charge in [-0.2, -0.15) is 5.26 Å². The highest BCUT2D eigenvalue weighted by Crippen LogP contribution is 2.51. The molecule has 2 heterocycles. The third kappa shape index (κ3) is 5.44. The van der Waals surface area contributed by atoms with Gasteiger partial charge in [0, 0.05) is 56.3 Å². The highest BCUT2D eigenvalue weighted by Gasteiger charge is 2.53. The molecular weight excluding hydrogens is 494 g/mol. The van der Waals surface area contributed by atoms with Gasteiger partial charge in [-0.15, -0.1) is 0 Å². The van der Waals surface area contributed by atoms with Crippen LogP contribution in [0, 0.1) is 39.2 Å². The van der Waals surface area contributed by atoms with Gasteiger partial charge in [0.15, 0.2) is 0 Å². The Balaban J connectivity index is 1.23. The van der Waals surface area contributed by atoms with Crippen molar-refractivity contribution in [2.75, 3.05) is 44.7 Å². The molecule has 1 unspecified atom stereocenters. The molecule has 9 nitrogen and oxygen atoms in total. The maximum Gasteiger partial charge on any atom is 0.407 e. The van der Waals surface area contributed by atoms with Gasteiger partial charge in [-0.05, 0) is 68.8 Å². The first-order valence-electron chi connectivity index (χ1n) is 14.0. The number of amides is 1. The van der Waals surface area contributed by atoms with Crippen molar-refractivity contribution in [2.24, 2.45) is 17.8 Å². The number of anilines is 1. The van der Waals surface area contributed by atoms with E-state index in [1.807, 2.05) is 30.3 Å². The average molecular weight is 532 g/mol. The minimum Gasteiger partial charge on any atom is -0.446 e. The summed E-state index contributed by atoms with van der Waals surface area (Å²) in [6, 6.07) is 19.7. The summed E-state index contributed by atoms with van der Waals surface area (Å²) in [7, 11) is 1.57. The third-order valence-corrected chi connectivity index (χ3v) is 9.07. The van der Waals surface area contributed by atoms with Crippen LogP contribution in [0.15, 0.2) is 54.6 Å². The van der Waals surface area contributed by atoms with E-state index in [4.69, 9.17) is 4.74 Å². The summed E-state index contributed by atoms with van der Waals surface area (Å²) in [4.78, 5) is 27.5. The molecule has 3 fully saturated rings. The highest BCUT2D eigenvalue weighted by molar-refractivity contribution is 5.67. The SMILES string of the molecule is CNC(=O)O[C@@H]1CCC[C@H]1C(C#N)(c1ccccc1)C1CCN(CC2CN(c3ccc([N+](=O)[O-])cc3)C2)CC1. The zero-order valence-electron chi connectivity index (χ0n) is 22.5. The molecule has 2 aromatic rings. The fourth-order valence-electron chi connectivity index (χ4n) is 7.11. The van der Waals surface area contributed by atoms with Gasteiger partial charge in [-0.3, -0.25) is 10.1 Å². The largest absolute Gasteiger partial charge is 0.446 e. The second-order valence-electron chi connectivity index (χ2n) is 11.2. The van der Waals surface area contributed by atoms with E-state index in [-0.39, 0.29) is 28.6 Å². The number of ether oxygens (including phenoxy) is 1. The van der Waals surface area contributed by atoms with Gasteiger partial charge in [0.05, 0.1) is 16.4 Å². The molecule has 206 valence electrons. The first kappa shape index (κ1) is 26.9. The van der Waals surface area contributed by atoms with Crippen molar-refractivity contribution >= 4 is 17.5 Å². The molecule has 1 aliphatic carbocycles. The minimum absolute atomic E-state index is 0.0272. The van der Waals surface area contributed by atoms with E-state index in [2.05, 4.69) is 33.3 Å². The fraction of sp³-hybridized carbons (Fsp3) is 0.533. The van der Waals surface area contributed by atoms with Crippen LogP contribution in [0.4, 0.5) is 16.2 Å². The molecule has 0 spiro atoms. The Hall–Kier alpha value is -3.64. The maximum absolute atomic E-state index is 12.1. The summed E-state index contributed by atoms with van der Waals surface area (Å²) in [6.07, 6.45) is 3.81. The van der Waals surface area contributed by atoms with Crippen LogP contribution in [0.25, 0.3) is 0 Å². The Labute approximate surface area is 229 Å². The van der Waals surface area contributed by atoms with Gasteiger partial charge >= 0.3 is 6.09 Å². The number of benzene rings is 2. The van der Waals surface area contributed by atoms with E-state index in [9.17, 15) is 20.2 Å². The molecular formula is C30H37N5O4. The molecule has 39 heavy (non-hydrogen) atoms. The molecule has 2 aromatic carbocycles. The van der Waals surface area contributed by atoms with Crippen LogP contribution in [0.5, 0.6) is 0 Å². The van der Waals surface area contributed by atoms with Crippen LogP contribution >= 0.6 is 0 Å². The number of nitrogens with one attached hydrogen (secondary N) is 1. The number of carbonyl (C=O) groups excluding carboxylic acids is 1. The van der Waals surface area contributed by atoms with E-state index in [1.54, 1.807) is 19.2 Å². The molecule has 3 atom stereocenters. The normalized spacial score (nSPS) is 23.8. The monoisotopic (exact) mass is 531 g/mol. The number of piperidine rings is 1. The predicted molar refractivity (Wildman–Crippen MR) is 148 cm³/mol. The van der Waals surface area contributed by atoms with Crippen molar-refractivity contribution in [3.8, 4) is 6.07 Å². The second-order valence-corrected chi connectivity index (χ2v) is 11.2. The molecule has 2 aliphatic heterocycles. The molecule has 9 heteroatoms. The van der Waals surface area contributed by atoms with Gasteiger partial charge in [0.2, 0.25) is 0 Å². The van der Waals surface area contributed by atoms with Crippen LogP contribution in [-0.2, 0) is 10.2 Å². The van der Waals surface area contributed by atoms with E-state index in [1.165, 1.54) is 0 Å². The van der Waals surface area contributed by atoms with Gasteiger partial charge in [0.25, 0.3) is 5.69 Å². The molecule has 1 N–H and O–H groups in total. The zero-order valence-corrected chi connectivity index (χ0v) is 22.5. The predicted octanol–water partition coefficient (Wildman–Crippen LogP) is 4.73. The summed E-state index contributed by atoms with van der Waals surface area (Å²) in [5.74, 6) is 0.727. The van der Waals surface area contributed by atoms with Crippen molar-refractivity contribution < 1.29 is 14.5 Å². The van der Waals surface area contributed by atoms with Crippen LogP contribution in [-0.4, -0.2) is 61.8 Å². The number of nitro groups is 1. The van der Waals surface area contributed by atoms with E-state index in [0.29, 0.717) is 5.92 Å². The second kappa shape index (κ2) is 11.6. The number of carbonyl (C=O) groups is 1. The van der Waals surface area contributed by atoms with Gasteiger partial charge in [0.1, 0.15) is 6.10 Å². The number of rotatable bonds is 8. The lowest BCUT2D eigenvalue weighted by Crippen LogP contribution is -2.54. The maximum atomic E-state index is 12.1. The van der Waals surface area contributed by atoms with Crippen LogP contribution in [0.3, 0.4) is 0 Å². The summed E-state index contributed by atoms with van der Waals surface area (Å²) < 4.78 is 5.80.